The SMILES string of the molecule is COc1ccc(-c2coc3c4c(cc(O)c3c2=O)OC(=O)C[C@@H]4c2cc3cccc(C)c3[nH]c2=O)cc1OC. The lowest BCUT2D eigenvalue weighted by atomic mass is 9.85. The Morgan fingerprint density at radius 3 is 2.56 bits per heavy atom. The first-order chi connectivity index (χ1) is 18.8. The molecule has 2 N–H and O–H groups in total. The number of fused-ring (bicyclic) bond motifs is 4. The molecular weight excluding hydrogens is 502 g/mol. The number of phenols is 1. The molecule has 6 rings (SSSR count). The second kappa shape index (κ2) is 9.05. The third-order valence-corrected chi connectivity index (χ3v) is 7.16. The molecule has 0 amide bonds. The van der Waals surface area contributed by atoms with Gasteiger partial charge in [-0.3, -0.25) is 14.4 Å². The minimum absolute atomic E-state index is 0.0343. The van der Waals surface area contributed by atoms with Gasteiger partial charge in [-0.2, -0.15) is 0 Å². The van der Waals surface area contributed by atoms with E-state index in [1.54, 1.807) is 24.3 Å². The number of aromatic amines is 1. The highest BCUT2D eigenvalue weighted by atomic mass is 16.5. The maximum Gasteiger partial charge on any atom is 0.312 e. The zero-order chi connectivity index (χ0) is 27.4. The molecule has 3 heterocycles. The third-order valence-electron chi connectivity index (χ3n) is 7.16. The predicted octanol–water partition coefficient (Wildman–Crippen LogP) is 4.77. The smallest absolute Gasteiger partial charge is 0.312 e. The van der Waals surface area contributed by atoms with Gasteiger partial charge in [0, 0.05) is 23.1 Å². The van der Waals surface area contributed by atoms with E-state index < -0.39 is 23.1 Å². The van der Waals surface area contributed by atoms with Crippen LogP contribution in [0, 0.1) is 6.92 Å². The van der Waals surface area contributed by atoms with E-state index in [1.165, 1.54) is 26.5 Å². The molecule has 0 fully saturated rings. The van der Waals surface area contributed by atoms with Crippen LogP contribution in [0.25, 0.3) is 33.0 Å². The maximum atomic E-state index is 13.7. The molecule has 196 valence electrons. The van der Waals surface area contributed by atoms with Crippen molar-refractivity contribution in [1.82, 2.24) is 4.98 Å². The fourth-order valence-corrected chi connectivity index (χ4v) is 5.26. The molecule has 1 aliphatic heterocycles. The number of H-pyrrole nitrogens is 1. The van der Waals surface area contributed by atoms with Crippen LogP contribution in [0.4, 0.5) is 0 Å². The lowest BCUT2D eigenvalue weighted by Gasteiger charge is -2.25. The van der Waals surface area contributed by atoms with E-state index in [2.05, 4.69) is 4.98 Å². The summed E-state index contributed by atoms with van der Waals surface area (Å²) in [4.78, 5) is 42.5. The number of aryl methyl sites for hydroxylation is 1. The summed E-state index contributed by atoms with van der Waals surface area (Å²) in [6.07, 6.45) is 1.14. The van der Waals surface area contributed by atoms with E-state index in [1.807, 2.05) is 25.1 Å². The molecule has 1 aliphatic rings. The summed E-state index contributed by atoms with van der Waals surface area (Å²) in [6, 6.07) is 13.6. The van der Waals surface area contributed by atoms with Crippen LogP contribution in [0.15, 0.2) is 68.8 Å². The largest absolute Gasteiger partial charge is 0.507 e. The van der Waals surface area contributed by atoms with E-state index in [0.29, 0.717) is 33.7 Å². The number of aromatic hydroxyl groups is 1. The summed E-state index contributed by atoms with van der Waals surface area (Å²) < 4.78 is 22.0. The zero-order valence-electron chi connectivity index (χ0n) is 21.3. The second-order valence-corrected chi connectivity index (χ2v) is 9.38. The molecule has 2 aromatic heterocycles. The molecule has 5 aromatic rings. The van der Waals surface area contributed by atoms with Gasteiger partial charge in [0.05, 0.1) is 31.7 Å². The Morgan fingerprint density at radius 2 is 1.79 bits per heavy atom. The highest BCUT2D eigenvalue weighted by Crippen LogP contribution is 2.45. The van der Waals surface area contributed by atoms with Crippen molar-refractivity contribution in [2.45, 2.75) is 19.3 Å². The van der Waals surface area contributed by atoms with Crippen molar-refractivity contribution in [2.24, 2.45) is 0 Å². The summed E-state index contributed by atoms with van der Waals surface area (Å²) in [5, 5.41) is 11.6. The van der Waals surface area contributed by atoms with Crippen molar-refractivity contribution in [2.75, 3.05) is 14.2 Å². The van der Waals surface area contributed by atoms with Crippen LogP contribution >= 0.6 is 0 Å². The van der Waals surface area contributed by atoms with Crippen molar-refractivity contribution in [1.29, 1.82) is 0 Å². The molecule has 0 saturated heterocycles. The first kappa shape index (κ1) is 24.3. The first-order valence-corrected chi connectivity index (χ1v) is 12.2. The Morgan fingerprint density at radius 1 is 1.00 bits per heavy atom. The Bertz CT molecular complexity index is 1930. The zero-order valence-corrected chi connectivity index (χ0v) is 21.3. The van der Waals surface area contributed by atoms with Crippen LogP contribution in [-0.4, -0.2) is 30.3 Å². The highest BCUT2D eigenvalue weighted by Gasteiger charge is 2.35. The van der Waals surface area contributed by atoms with Gasteiger partial charge in [0.2, 0.25) is 5.43 Å². The van der Waals surface area contributed by atoms with Gasteiger partial charge in [-0.25, -0.2) is 0 Å². The van der Waals surface area contributed by atoms with Gasteiger partial charge in [-0.05, 0) is 41.6 Å². The number of carbonyl (C=O) groups is 1. The van der Waals surface area contributed by atoms with E-state index in [4.69, 9.17) is 18.6 Å². The standard InChI is InChI=1S/C30H23NO8/c1-14-5-4-6-16-9-18(30(35)31-27(14)16)17-11-24(33)39-23-12-20(32)26-28(34)19(13-38-29(26)25(17)23)15-7-8-21(36-2)22(10-15)37-3/h4-10,12-13,17,32H,11H2,1-3H3,(H,31,35)/t17-/m1/s1. The topological polar surface area (TPSA) is 128 Å². The van der Waals surface area contributed by atoms with E-state index >= 15 is 0 Å². The normalized spacial score (nSPS) is 14.7. The maximum absolute atomic E-state index is 13.7. The molecule has 0 spiro atoms. The molecule has 0 aliphatic carbocycles. The van der Waals surface area contributed by atoms with Crippen LogP contribution < -0.4 is 25.2 Å². The molecule has 0 bridgehead atoms. The van der Waals surface area contributed by atoms with Gasteiger partial charge in [-0.1, -0.05) is 24.3 Å². The summed E-state index contributed by atoms with van der Waals surface area (Å²) in [5.41, 5.74) is 2.12. The number of para-hydroxylation sites is 1. The predicted molar refractivity (Wildman–Crippen MR) is 144 cm³/mol. The molecule has 9 heteroatoms. The minimum atomic E-state index is -0.770. The molecule has 0 radical (unpaired) electrons. The van der Waals surface area contributed by atoms with Gasteiger partial charge >= 0.3 is 5.97 Å². The number of aromatic nitrogens is 1. The number of esters is 1. The third kappa shape index (κ3) is 3.82. The molecule has 3 aromatic carbocycles. The van der Waals surface area contributed by atoms with E-state index in [-0.39, 0.29) is 34.3 Å². The monoisotopic (exact) mass is 525 g/mol. The number of hydrogen-bond donors (Lipinski definition) is 2. The number of carbonyl (C=O) groups excluding carboxylic acids is 1. The second-order valence-electron chi connectivity index (χ2n) is 9.38. The van der Waals surface area contributed by atoms with Gasteiger partial charge in [-0.15, -0.1) is 0 Å². The lowest BCUT2D eigenvalue weighted by Crippen LogP contribution is -2.26. The highest BCUT2D eigenvalue weighted by molar-refractivity contribution is 5.94. The van der Waals surface area contributed by atoms with Crippen molar-refractivity contribution < 1.29 is 28.5 Å². The van der Waals surface area contributed by atoms with Crippen LogP contribution in [0.5, 0.6) is 23.0 Å². The molecule has 9 nitrogen and oxygen atoms in total. The summed E-state index contributed by atoms with van der Waals surface area (Å²) in [7, 11) is 2.99. The Kier molecular flexibility index (Phi) is 5.64. The Labute approximate surface area is 221 Å². The van der Waals surface area contributed by atoms with Crippen LogP contribution in [-0.2, 0) is 4.79 Å². The number of rotatable bonds is 4. The Balaban J connectivity index is 1.59. The molecule has 39 heavy (non-hydrogen) atoms. The number of phenolic OH excluding ortho intramolecular Hbond substituents is 1. The summed E-state index contributed by atoms with van der Waals surface area (Å²) >= 11 is 0. The Hall–Kier alpha value is -5.05. The quantitative estimate of drug-likeness (QED) is 0.254. The number of hydrogen-bond acceptors (Lipinski definition) is 8. The van der Waals surface area contributed by atoms with Gasteiger partial charge < -0.3 is 28.7 Å². The van der Waals surface area contributed by atoms with E-state index in [9.17, 15) is 19.5 Å². The van der Waals surface area contributed by atoms with Crippen LogP contribution in [0.1, 0.15) is 29.0 Å². The summed E-state index contributed by atoms with van der Waals surface area (Å²) in [5.74, 6) is -0.804. The molecule has 1 atom stereocenters. The van der Waals surface area contributed by atoms with Crippen molar-refractivity contribution >= 4 is 27.8 Å². The number of ether oxygens (including phenoxy) is 3. The summed E-state index contributed by atoms with van der Waals surface area (Å²) in [6.45, 7) is 1.89. The molecule has 0 saturated carbocycles. The van der Waals surface area contributed by atoms with Crippen molar-refractivity contribution in [3.8, 4) is 34.1 Å². The van der Waals surface area contributed by atoms with E-state index in [0.717, 1.165) is 10.9 Å². The minimum Gasteiger partial charge on any atom is -0.507 e. The average molecular weight is 526 g/mol. The first-order valence-electron chi connectivity index (χ1n) is 12.2. The van der Waals surface area contributed by atoms with Crippen molar-refractivity contribution in [3.05, 3.63) is 92.1 Å². The molecule has 0 unspecified atom stereocenters. The van der Waals surface area contributed by atoms with Crippen LogP contribution in [0.3, 0.4) is 0 Å². The number of nitrogens with one attached hydrogen (secondary N) is 1. The van der Waals surface area contributed by atoms with Crippen molar-refractivity contribution in [3.63, 3.8) is 0 Å². The number of benzene rings is 3. The fraction of sp³-hybridized carbons (Fsp3) is 0.167. The fourth-order valence-electron chi connectivity index (χ4n) is 5.26. The lowest BCUT2D eigenvalue weighted by molar-refractivity contribution is -0.135. The van der Waals surface area contributed by atoms with Gasteiger partial charge in [0.15, 0.2) is 11.5 Å². The van der Waals surface area contributed by atoms with Crippen LogP contribution in [0.2, 0.25) is 0 Å². The average Bonchev–Trinajstić information content (AvgIpc) is 2.92. The molecular formula is C30H23NO8. The number of methoxy groups -OCH3 is 2. The number of pyridine rings is 1. The van der Waals surface area contributed by atoms with Gasteiger partial charge in [0.25, 0.3) is 5.56 Å². The van der Waals surface area contributed by atoms with Gasteiger partial charge in [0.1, 0.15) is 28.7 Å².